The summed E-state index contributed by atoms with van der Waals surface area (Å²) in [5.41, 5.74) is 6.86. The summed E-state index contributed by atoms with van der Waals surface area (Å²) >= 11 is 0. The zero-order valence-corrected chi connectivity index (χ0v) is 21.7. The first-order valence-corrected chi connectivity index (χ1v) is 12.7. The van der Waals surface area contributed by atoms with Crippen molar-refractivity contribution in [3.8, 4) is 11.3 Å². The van der Waals surface area contributed by atoms with E-state index in [1.54, 1.807) is 6.07 Å². The molecule has 1 aliphatic carbocycles. The molecule has 0 saturated carbocycles. The molecule has 196 valence electrons. The predicted octanol–water partition coefficient (Wildman–Crippen LogP) is 6.15. The number of ether oxygens (including phenoxy) is 1. The van der Waals surface area contributed by atoms with Gasteiger partial charge in [0.05, 0.1) is 18.9 Å². The van der Waals surface area contributed by atoms with Gasteiger partial charge in [-0.25, -0.2) is 18.7 Å². The Morgan fingerprint density at radius 1 is 0.947 bits per heavy atom. The fourth-order valence-corrected chi connectivity index (χ4v) is 5.22. The highest BCUT2D eigenvalue weighted by Crippen LogP contribution is 2.42. The number of hydrogen-bond donors (Lipinski definition) is 1. The minimum Gasteiger partial charge on any atom is -0.379 e. The molecule has 6 rings (SSSR count). The van der Waals surface area contributed by atoms with Crippen molar-refractivity contribution in [1.82, 2.24) is 14.9 Å². The number of anilines is 2. The molecule has 3 aromatic carbocycles. The van der Waals surface area contributed by atoms with E-state index in [1.165, 1.54) is 17.7 Å². The molecule has 5 nitrogen and oxygen atoms in total. The summed E-state index contributed by atoms with van der Waals surface area (Å²) in [6.07, 6.45) is 3.46. The summed E-state index contributed by atoms with van der Waals surface area (Å²) in [6.45, 7) is 4.67. The van der Waals surface area contributed by atoms with E-state index in [-0.39, 0.29) is 18.3 Å². The summed E-state index contributed by atoms with van der Waals surface area (Å²) in [4.78, 5) is 11.9. The molecule has 0 radical (unpaired) electrons. The van der Waals surface area contributed by atoms with Crippen LogP contribution in [0.15, 0.2) is 72.9 Å². The van der Waals surface area contributed by atoms with Crippen molar-refractivity contribution in [1.29, 1.82) is 0 Å². The molecule has 0 bridgehead atoms. The standard InChI is InChI=1S/C30H28F2N4O.ClH/c31-27-10-7-21(18-28(27)32)26-17-22-19-33-30(35-29(22)25-4-2-1-3-24(25)26)34-23-8-5-20(6-9-23)11-12-36-13-15-37-16-14-36;/h1-10,18-19,26H,11-17H2,(H,33,34,35);1H/t26-;/m0./s1. The van der Waals surface area contributed by atoms with Crippen molar-refractivity contribution in [2.24, 2.45) is 0 Å². The van der Waals surface area contributed by atoms with E-state index in [4.69, 9.17) is 9.72 Å². The number of morpholine rings is 1. The molecule has 4 aromatic rings. The summed E-state index contributed by atoms with van der Waals surface area (Å²) in [7, 11) is 0. The largest absolute Gasteiger partial charge is 0.379 e. The van der Waals surface area contributed by atoms with Crippen LogP contribution in [0.1, 0.15) is 28.2 Å². The average molecular weight is 535 g/mol. The molecule has 38 heavy (non-hydrogen) atoms. The number of nitrogens with zero attached hydrogens (tertiary/aromatic N) is 3. The molecule has 1 aromatic heterocycles. The second-order valence-corrected chi connectivity index (χ2v) is 9.61. The van der Waals surface area contributed by atoms with Crippen molar-refractivity contribution in [3.05, 3.63) is 107 Å². The zero-order chi connectivity index (χ0) is 25.2. The average Bonchev–Trinajstić information content (AvgIpc) is 2.94. The first-order valence-electron chi connectivity index (χ1n) is 12.7. The van der Waals surface area contributed by atoms with Gasteiger partial charge < -0.3 is 10.1 Å². The molecule has 2 heterocycles. The van der Waals surface area contributed by atoms with Gasteiger partial charge in [-0.15, -0.1) is 12.4 Å². The fourth-order valence-electron chi connectivity index (χ4n) is 5.22. The Bertz CT molecular complexity index is 1410. The van der Waals surface area contributed by atoms with Gasteiger partial charge in [0.1, 0.15) is 0 Å². The van der Waals surface area contributed by atoms with Crippen molar-refractivity contribution in [2.45, 2.75) is 18.8 Å². The van der Waals surface area contributed by atoms with Crippen molar-refractivity contribution >= 4 is 24.0 Å². The Hall–Kier alpha value is -3.39. The van der Waals surface area contributed by atoms with Crippen molar-refractivity contribution in [3.63, 3.8) is 0 Å². The maximum absolute atomic E-state index is 14.0. The Morgan fingerprint density at radius 3 is 2.53 bits per heavy atom. The van der Waals surface area contributed by atoms with Crippen LogP contribution in [0.4, 0.5) is 20.4 Å². The van der Waals surface area contributed by atoms with Gasteiger partial charge in [0.25, 0.3) is 0 Å². The maximum atomic E-state index is 14.0. The van der Waals surface area contributed by atoms with Crippen molar-refractivity contribution < 1.29 is 13.5 Å². The monoisotopic (exact) mass is 534 g/mol. The van der Waals surface area contributed by atoms with Crippen LogP contribution in [-0.2, 0) is 17.6 Å². The van der Waals surface area contributed by atoms with E-state index in [9.17, 15) is 8.78 Å². The first kappa shape index (κ1) is 26.2. The molecule has 2 aliphatic rings. The molecule has 1 N–H and O–H groups in total. The lowest BCUT2D eigenvalue weighted by atomic mass is 9.78. The summed E-state index contributed by atoms with van der Waals surface area (Å²) < 4.78 is 33.0. The molecular formula is C30H29ClF2N4O. The SMILES string of the molecule is Cl.Fc1ccc([C@@H]2Cc3cnc(Nc4ccc(CCN5CCOCC5)cc4)nc3-c3ccccc32)cc1F. The third-order valence-electron chi connectivity index (χ3n) is 7.26. The molecule has 1 aliphatic heterocycles. The number of halogens is 3. The van der Waals surface area contributed by atoms with E-state index in [2.05, 4.69) is 39.5 Å². The second kappa shape index (κ2) is 11.6. The van der Waals surface area contributed by atoms with Gasteiger partial charge in [-0.05, 0) is 59.4 Å². The lowest BCUT2D eigenvalue weighted by molar-refractivity contribution is 0.0384. The quantitative estimate of drug-likeness (QED) is 0.321. The number of hydrogen-bond acceptors (Lipinski definition) is 5. The third-order valence-corrected chi connectivity index (χ3v) is 7.26. The highest BCUT2D eigenvalue weighted by atomic mass is 35.5. The van der Waals surface area contributed by atoms with Gasteiger partial charge >= 0.3 is 0 Å². The normalized spacial score (nSPS) is 16.7. The lowest BCUT2D eigenvalue weighted by Gasteiger charge is -2.27. The molecule has 1 saturated heterocycles. The summed E-state index contributed by atoms with van der Waals surface area (Å²) in [5, 5.41) is 3.33. The lowest BCUT2D eigenvalue weighted by Crippen LogP contribution is -2.37. The van der Waals surface area contributed by atoms with Gasteiger partial charge in [0.2, 0.25) is 5.95 Å². The smallest absolute Gasteiger partial charge is 0.227 e. The molecule has 1 atom stereocenters. The van der Waals surface area contributed by atoms with Crippen LogP contribution in [0.2, 0.25) is 0 Å². The van der Waals surface area contributed by atoms with E-state index in [0.717, 1.165) is 72.9 Å². The van der Waals surface area contributed by atoms with Gasteiger partial charge in [0, 0.05) is 43.0 Å². The topological polar surface area (TPSA) is 50.3 Å². The van der Waals surface area contributed by atoms with Crippen molar-refractivity contribution in [2.75, 3.05) is 38.2 Å². The number of nitrogens with one attached hydrogen (secondary N) is 1. The van der Waals surface area contributed by atoms with Crippen LogP contribution < -0.4 is 5.32 Å². The van der Waals surface area contributed by atoms with E-state index < -0.39 is 11.6 Å². The predicted molar refractivity (Wildman–Crippen MR) is 147 cm³/mol. The Labute approximate surface area is 227 Å². The Kier molecular flexibility index (Phi) is 7.98. The Morgan fingerprint density at radius 2 is 1.74 bits per heavy atom. The number of aromatic nitrogens is 2. The van der Waals surface area contributed by atoms with Crippen LogP contribution in [-0.4, -0.2) is 47.7 Å². The highest BCUT2D eigenvalue weighted by molar-refractivity contribution is 5.85. The fraction of sp³-hybridized carbons (Fsp3) is 0.267. The molecule has 0 amide bonds. The van der Waals surface area contributed by atoms with Crippen LogP contribution in [0, 0.1) is 11.6 Å². The molecule has 0 unspecified atom stereocenters. The highest BCUT2D eigenvalue weighted by Gasteiger charge is 2.28. The van der Waals surface area contributed by atoms with Crippen LogP contribution in [0.5, 0.6) is 0 Å². The number of fused-ring (bicyclic) bond motifs is 3. The van der Waals surface area contributed by atoms with Gasteiger partial charge in [0.15, 0.2) is 11.6 Å². The molecule has 8 heteroatoms. The van der Waals surface area contributed by atoms with E-state index in [1.807, 2.05) is 30.5 Å². The van der Waals surface area contributed by atoms with Crippen LogP contribution in [0.3, 0.4) is 0 Å². The van der Waals surface area contributed by atoms with Crippen LogP contribution in [0.25, 0.3) is 11.3 Å². The zero-order valence-electron chi connectivity index (χ0n) is 20.9. The van der Waals surface area contributed by atoms with Crippen LogP contribution >= 0.6 is 12.4 Å². The minimum absolute atomic E-state index is 0. The summed E-state index contributed by atoms with van der Waals surface area (Å²) in [5.74, 6) is -1.23. The first-order chi connectivity index (χ1) is 18.1. The molecule has 0 spiro atoms. The summed E-state index contributed by atoms with van der Waals surface area (Å²) in [6, 6.07) is 20.6. The van der Waals surface area contributed by atoms with Gasteiger partial charge in [-0.3, -0.25) is 4.90 Å². The second-order valence-electron chi connectivity index (χ2n) is 9.61. The van der Waals surface area contributed by atoms with Gasteiger partial charge in [-0.2, -0.15) is 0 Å². The van der Waals surface area contributed by atoms with Gasteiger partial charge in [-0.1, -0.05) is 42.5 Å². The Balaban J connectivity index is 0.00000294. The molecule has 1 fully saturated rings. The maximum Gasteiger partial charge on any atom is 0.227 e. The van der Waals surface area contributed by atoms with E-state index in [0.29, 0.717) is 12.4 Å². The minimum atomic E-state index is -0.836. The number of benzene rings is 3. The van der Waals surface area contributed by atoms with E-state index >= 15 is 0 Å². The molecular weight excluding hydrogens is 506 g/mol. The third kappa shape index (κ3) is 5.55. The number of rotatable bonds is 6.